The fourth-order valence-electron chi connectivity index (χ4n) is 3.70. The van der Waals surface area contributed by atoms with Crippen LogP contribution in [0.25, 0.3) is 16.6 Å². The van der Waals surface area contributed by atoms with Crippen molar-refractivity contribution in [3.05, 3.63) is 70.7 Å². The highest BCUT2D eigenvalue weighted by molar-refractivity contribution is 5.95. The molecule has 0 fully saturated rings. The number of methoxy groups -OCH3 is 2. The zero-order valence-corrected chi connectivity index (χ0v) is 20.3. The highest BCUT2D eigenvalue weighted by atomic mass is 19.4. The van der Waals surface area contributed by atoms with Gasteiger partial charge < -0.3 is 9.47 Å². The Balaban J connectivity index is 1.70. The van der Waals surface area contributed by atoms with E-state index >= 15 is 0 Å². The molecule has 0 aliphatic heterocycles. The predicted octanol–water partition coefficient (Wildman–Crippen LogP) is 4.94. The van der Waals surface area contributed by atoms with Gasteiger partial charge in [0.2, 0.25) is 0 Å². The molecule has 1 N–H and O–H groups in total. The van der Waals surface area contributed by atoms with E-state index in [-0.39, 0.29) is 16.8 Å². The van der Waals surface area contributed by atoms with Crippen molar-refractivity contribution in [1.82, 2.24) is 25.4 Å². The van der Waals surface area contributed by atoms with Gasteiger partial charge in [-0.1, -0.05) is 17.3 Å². The van der Waals surface area contributed by atoms with E-state index < -0.39 is 40.7 Å². The van der Waals surface area contributed by atoms with Gasteiger partial charge in [-0.25, -0.2) is 15.1 Å². The molecular formula is C24H18F6N6O3. The molecule has 2 aromatic heterocycles. The van der Waals surface area contributed by atoms with E-state index in [4.69, 9.17) is 9.47 Å². The van der Waals surface area contributed by atoms with Crippen LogP contribution in [-0.4, -0.2) is 46.3 Å². The number of aromatic nitrogens is 4. The first-order valence-electron chi connectivity index (χ1n) is 10.9. The smallest absolute Gasteiger partial charge is 0.433 e. The second kappa shape index (κ2) is 10.2. The maximum atomic E-state index is 13.6. The monoisotopic (exact) mass is 552 g/mol. The Hall–Kier alpha value is -4.69. The molecule has 204 valence electrons. The van der Waals surface area contributed by atoms with Crippen molar-refractivity contribution in [3.63, 3.8) is 0 Å². The summed E-state index contributed by atoms with van der Waals surface area (Å²) in [5, 5.41) is 11.0. The van der Waals surface area contributed by atoms with Crippen LogP contribution >= 0.6 is 0 Å². The number of halogens is 6. The lowest BCUT2D eigenvalue weighted by molar-refractivity contribution is -0.142. The fraction of sp³-hybridized carbons (Fsp3) is 0.208. The number of amides is 1. The van der Waals surface area contributed by atoms with Gasteiger partial charge in [-0.05, 0) is 42.8 Å². The molecule has 0 atom stereocenters. The molecule has 0 aliphatic carbocycles. The Morgan fingerprint density at radius 2 is 1.72 bits per heavy atom. The molecule has 39 heavy (non-hydrogen) atoms. The zero-order chi connectivity index (χ0) is 28.5. The number of ether oxygens (including phenoxy) is 2. The number of hydrogen-bond acceptors (Lipinski definition) is 7. The molecule has 0 spiro atoms. The second-order valence-electron chi connectivity index (χ2n) is 7.97. The Labute approximate surface area is 216 Å². The molecule has 0 radical (unpaired) electrons. The zero-order valence-electron chi connectivity index (χ0n) is 20.3. The van der Waals surface area contributed by atoms with Crippen LogP contribution in [0.3, 0.4) is 0 Å². The molecule has 4 rings (SSSR count). The Kier molecular flexibility index (Phi) is 7.17. The highest BCUT2D eigenvalue weighted by Gasteiger charge is 2.38. The molecule has 0 bridgehead atoms. The third-order valence-electron chi connectivity index (χ3n) is 5.54. The molecule has 15 heteroatoms. The van der Waals surface area contributed by atoms with Crippen LogP contribution in [0.2, 0.25) is 0 Å². The normalized spacial score (nSPS) is 12.2. The van der Waals surface area contributed by atoms with E-state index in [1.165, 1.54) is 33.4 Å². The molecule has 0 aliphatic rings. The van der Waals surface area contributed by atoms with Crippen LogP contribution in [0.4, 0.5) is 26.3 Å². The predicted molar refractivity (Wildman–Crippen MR) is 126 cm³/mol. The Bertz CT molecular complexity index is 1580. The minimum atomic E-state index is -5.06. The summed E-state index contributed by atoms with van der Waals surface area (Å²) >= 11 is 0. The van der Waals surface area contributed by atoms with Gasteiger partial charge in [0, 0.05) is 5.39 Å². The number of fused-ring (bicyclic) bond motifs is 1. The maximum Gasteiger partial charge on any atom is 0.433 e. The van der Waals surface area contributed by atoms with Crippen molar-refractivity contribution in [2.75, 3.05) is 14.2 Å². The molecule has 1 amide bonds. The van der Waals surface area contributed by atoms with Crippen molar-refractivity contribution >= 4 is 23.0 Å². The summed E-state index contributed by atoms with van der Waals surface area (Å²) in [6.07, 6.45) is -8.73. The van der Waals surface area contributed by atoms with Crippen molar-refractivity contribution in [2.45, 2.75) is 19.3 Å². The number of carbonyl (C=O) groups excluding carboxylic acids is 1. The van der Waals surface area contributed by atoms with Gasteiger partial charge in [0.25, 0.3) is 5.91 Å². The van der Waals surface area contributed by atoms with Crippen LogP contribution in [-0.2, 0) is 12.4 Å². The third-order valence-corrected chi connectivity index (χ3v) is 5.54. The number of hydrazone groups is 1. The van der Waals surface area contributed by atoms with E-state index in [0.717, 1.165) is 10.7 Å². The molecule has 4 aromatic rings. The minimum absolute atomic E-state index is 0.0492. The first-order valence-corrected chi connectivity index (χ1v) is 10.9. The van der Waals surface area contributed by atoms with Crippen LogP contribution in [0.1, 0.15) is 33.0 Å². The SMILES string of the molecule is COc1ccc(/C=N/NC(=O)c2nnn(-c3cc(C(F)(F)F)nc4c(C(F)(F)F)cccc34)c2C)cc1OC. The summed E-state index contributed by atoms with van der Waals surface area (Å²) < 4.78 is 92.5. The minimum Gasteiger partial charge on any atom is -0.493 e. The van der Waals surface area contributed by atoms with Gasteiger partial charge in [-0.3, -0.25) is 4.79 Å². The van der Waals surface area contributed by atoms with Gasteiger partial charge in [-0.2, -0.15) is 31.4 Å². The first-order chi connectivity index (χ1) is 18.3. The largest absolute Gasteiger partial charge is 0.493 e. The number of hydrogen-bond donors (Lipinski definition) is 1. The third kappa shape index (κ3) is 5.46. The topological polar surface area (TPSA) is 104 Å². The van der Waals surface area contributed by atoms with Gasteiger partial charge in [0.05, 0.1) is 42.9 Å². The summed E-state index contributed by atoms with van der Waals surface area (Å²) in [6, 6.07) is 8.23. The lowest BCUT2D eigenvalue weighted by atomic mass is 10.1. The fourth-order valence-corrected chi connectivity index (χ4v) is 3.70. The van der Waals surface area contributed by atoms with Crippen LogP contribution in [0.15, 0.2) is 47.6 Å². The number of alkyl halides is 6. The number of para-hydroxylation sites is 1. The molecule has 0 saturated carbocycles. The summed E-state index contributed by atoms with van der Waals surface area (Å²) in [5.74, 6) is 0.0366. The highest BCUT2D eigenvalue weighted by Crippen LogP contribution is 2.38. The van der Waals surface area contributed by atoms with Crippen LogP contribution in [0.5, 0.6) is 11.5 Å². The number of benzene rings is 2. The molecule has 0 unspecified atom stereocenters. The van der Waals surface area contributed by atoms with E-state index in [0.29, 0.717) is 29.2 Å². The number of carbonyl (C=O) groups is 1. The maximum absolute atomic E-state index is 13.6. The second-order valence-corrected chi connectivity index (χ2v) is 7.97. The number of nitrogens with one attached hydrogen (secondary N) is 1. The van der Waals surface area contributed by atoms with Crippen LogP contribution < -0.4 is 14.9 Å². The molecule has 2 heterocycles. The standard InChI is InChI=1S/C24H18F6N6O3/c1-12-20(22(37)34-31-11-13-7-8-17(38-2)18(9-13)39-3)33-35-36(12)16-10-19(24(28,29)30)32-21-14(16)5-4-6-15(21)23(25,26)27/h4-11H,1-3H3,(H,34,37)/b31-11+. The summed E-state index contributed by atoms with van der Waals surface area (Å²) in [5.41, 5.74) is -1.84. The molecule has 2 aromatic carbocycles. The van der Waals surface area contributed by atoms with Crippen molar-refractivity contribution in [2.24, 2.45) is 5.10 Å². The van der Waals surface area contributed by atoms with Crippen molar-refractivity contribution in [1.29, 1.82) is 0 Å². The molecule has 0 saturated heterocycles. The van der Waals surface area contributed by atoms with Gasteiger partial charge in [-0.15, -0.1) is 5.10 Å². The average Bonchev–Trinajstić information content (AvgIpc) is 3.27. The molecular weight excluding hydrogens is 534 g/mol. The van der Waals surface area contributed by atoms with Gasteiger partial charge in [0.1, 0.15) is 5.69 Å². The quantitative estimate of drug-likeness (QED) is 0.207. The summed E-state index contributed by atoms with van der Waals surface area (Å²) in [6.45, 7) is 1.32. The van der Waals surface area contributed by atoms with Crippen LogP contribution in [0, 0.1) is 6.92 Å². The lowest BCUT2D eigenvalue weighted by Gasteiger charge is -2.15. The number of nitrogens with zero attached hydrogens (tertiary/aromatic N) is 5. The van der Waals surface area contributed by atoms with Gasteiger partial charge >= 0.3 is 12.4 Å². The van der Waals surface area contributed by atoms with Crippen molar-refractivity contribution in [3.8, 4) is 17.2 Å². The van der Waals surface area contributed by atoms with Crippen molar-refractivity contribution < 1.29 is 40.6 Å². The summed E-state index contributed by atoms with van der Waals surface area (Å²) in [7, 11) is 2.91. The summed E-state index contributed by atoms with van der Waals surface area (Å²) in [4.78, 5) is 15.9. The van der Waals surface area contributed by atoms with Gasteiger partial charge in [0.15, 0.2) is 17.2 Å². The van der Waals surface area contributed by atoms with E-state index in [1.807, 2.05) is 0 Å². The number of pyridine rings is 1. The van der Waals surface area contributed by atoms with E-state index in [9.17, 15) is 31.1 Å². The molecule has 9 nitrogen and oxygen atoms in total. The average molecular weight is 552 g/mol. The first kappa shape index (κ1) is 27.3. The Morgan fingerprint density at radius 1 is 1.00 bits per heavy atom. The Morgan fingerprint density at radius 3 is 2.36 bits per heavy atom. The van der Waals surface area contributed by atoms with E-state index in [2.05, 4.69) is 25.8 Å². The number of rotatable bonds is 6. The lowest BCUT2D eigenvalue weighted by Crippen LogP contribution is -2.19. The van der Waals surface area contributed by atoms with E-state index in [1.54, 1.807) is 18.2 Å².